The van der Waals surface area contributed by atoms with Gasteiger partial charge in [-0.15, -0.1) is 0 Å². The molecule has 6 heteroatoms. The fourth-order valence-electron chi connectivity index (χ4n) is 2.57. The first kappa shape index (κ1) is 16.4. The molecule has 2 N–H and O–H groups in total. The van der Waals surface area contributed by atoms with Crippen molar-refractivity contribution in [3.63, 3.8) is 0 Å². The molecule has 0 unspecified atom stereocenters. The average Bonchev–Trinajstić information content (AvgIpc) is 2.43. The van der Waals surface area contributed by atoms with Crippen molar-refractivity contribution in [2.24, 2.45) is 0 Å². The van der Waals surface area contributed by atoms with Crippen LogP contribution < -0.4 is 9.62 Å². The van der Waals surface area contributed by atoms with E-state index in [1.54, 1.807) is 6.07 Å². The van der Waals surface area contributed by atoms with Gasteiger partial charge in [0.15, 0.2) is 0 Å². The van der Waals surface area contributed by atoms with Crippen molar-refractivity contribution in [1.82, 2.24) is 4.72 Å². The number of hydrogen-bond acceptors (Lipinski definition) is 3. The summed E-state index contributed by atoms with van der Waals surface area (Å²) >= 11 is 0. The SMILES string of the molecule is Cc1cc(C)c(S(=O)(=O)NCC[NH+]2CCOCC2)cc1C. The average molecular weight is 313 g/mol. The fraction of sp³-hybridized carbons (Fsp3) is 0.600. The standard InChI is InChI=1S/C15H24N2O3S/c1-12-10-14(3)15(11-13(12)2)21(18,19)16-4-5-17-6-8-20-9-7-17/h10-11,16H,4-9H2,1-3H3/p+1. The van der Waals surface area contributed by atoms with E-state index in [4.69, 9.17) is 4.74 Å². The molecule has 118 valence electrons. The van der Waals surface area contributed by atoms with Crippen LogP contribution in [0.4, 0.5) is 0 Å². The van der Waals surface area contributed by atoms with E-state index in [1.165, 1.54) is 4.90 Å². The quantitative estimate of drug-likeness (QED) is 0.792. The Bertz CT molecular complexity index is 593. The number of ether oxygens (including phenoxy) is 1. The minimum atomic E-state index is -3.43. The first-order chi connectivity index (χ1) is 9.90. The van der Waals surface area contributed by atoms with E-state index in [-0.39, 0.29) is 0 Å². The fourth-order valence-corrected chi connectivity index (χ4v) is 3.91. The van der Waals surface area contributed by atoms with Gasteiger partial charge in [0.05, 0.1) is 31.2 Å². The number of sulfonamides is 1. The lowest BCUT2D eigenvalue weighted by Gasteiger charge is -2.23. The summed E-state index contributed by atoms with van der Waals surface area (Å²) in [7, 11) is -3.43. The molecule has 0 bridgehead atoms. The van der Waals surface area contributed by atoms with Crippen LogP contribution >= 0.6 is 0 Å². The van der Waals surface area contributed by atoms with E-state index in [0.29, 0.717) is 11.4 Å². The number of benzene rings is 1. The molecule has 0 atom stereocenters. The van der Waals surface area contributed by atoms with Gasteiger partial charge in [-0.05, 0) is 43.5 Å². The minimum absolute atomic E-state index is 0.391. The second-order valence-electron chi connectivity index (χ2n) is 5.71. The van der Waals surface area contributed by atoms with Crippen LogP contribution in [0.15, 0.2) is 17.0 Å². The van der Waals surface area contributed by atoms with Crippen molar-refractivity contribution in [2.45, 2.75) is 25.7 Å². The molecule has 0 spiro atoms. The van der Waals surface area contributed by atoms with Gasteiger partial charge in [-0.1, -0.05) is 6.07 Å². The maximum absolute atomic E-state index is 12.4. The number of quaternary nitrogens is 1. The molecule has 1 heterocycles. The molecule has 0 radical (unpaired) electrons. The Balaban J connectivity index is 1.99. The largest absolute Gasteiger partial charge is 0.370 e. The highest BCUT2D eigenvalue weighted by Crippen LogP contribution is 2.19. The summed E-state index contributed by atoms with van der Waals surface area (Å²) in [6, 6.07) is 3.69. The maximum Gasteiger partial charge on any atom is 0.241 e. The third-order valence-corrected chi connectivity index (χ3v) is 5.65. The maximum atomic E-state index is 12.4. The topological polar surface area (TPSA) is 59.8 Å². The van der Waals surface area contributed by atoms with Crippen molar-refractivity contribution >= 4 is 10.0 Å². The molecule has 0 aliphatic carbocycles. The number of nitrogens with one attached hydrogen (secondary N) is 2. The van der Waals surface area contributed by atoms with E-state index in [9.17, 15) is 8.42 Å². The minimum Gasteiger partial charge on any atom is -0.370 e. The van der Waals surface area contributed by atoms with Crippen LogP contribution in [0, 0.1) is 20.8 Å². The molecule has 1 aliphatic rings. The molecule has 5 nitrogen and oxygen atoms in total. The highest BCUT2D eigenvalue weighted by molar-refractivity contribution is 7.89. The van der Waals surface area contributed by atoms with E-state index < -0.39 is 10.0 Å². The van der Waals surface area contributed by atoms with Gasteiger partial charge >= 0.3 is 0 Å². The monoisotopic (exact) mass is 313 g/mol. The van der Waals surface area contributed by atoms with Crippen molar-refractivity contribution in [1.29, 1.82) is 0 Å². The van der Waals surface area contributed by atoms with Crippen molar-refractivity contribution in [3.8, 4) is 0 Å². The van der Waals surface area contributed by atoms with Crippen LogP contribution in [-0.4, -0.2) is 47.8 Å². The molecule has 1 aliphatic heterocycles. The Morgan fingerprint density at radius 2 is 1.71 bits per heavy atom. The first-order valence-corrected chi connectivity index (χ1v) is 8.87. The summed E-state index contributed by atoms with van der Waals surface area (Å²) in [6.07, 6.45) is 0. The zero-order chi connectivity index (χ0) is 15.5. The van der Waals surface area contributed by atoms with Gasteiger partial charge in [0.25, 0.3) is 0 Å². The van der Waals surface area contributed by atoms with Gasteiger partial charge in [0.2, 0.25) is 10.0 Å². The van der Waals surface area contributed by atoms with E-state index in [0.717, 1.165) is 49.5 Å². The second kappa shape index (κ2) is 6.87. The van der Waals surface area contributed by atoms with Crippen LogP contribution in [0.25, 0.3) is 0 Å². The lowest BCUT2D eigenvalue weighted by molar-refractivity contribution is -0.906. The summed E-state index contributed by atoms with van der Waals surface area (Å²) in [5.74, 6) is 0. The van der Waals surface area contributed by atoms with E-state index in [1.807, 2.05) is 26.8 Å². The first-order valence-electron chi connectivity index (χ1n) is 7.39. The van der Waals surface area contributed by atoms with Crippen molar-refractivity contribution in [2.75, 3.05) is 39.4 Å². The third-order valence-electron chi connectivity index (χ3n) is 4.05. The number of aryl methyl sites for hydroxylation is 3. The molecule has 0 aromatic heterocycles. The van der Waals surface area contributed by atoms with Crippen LogP contribution in [0.1, 0.15) is 16.7 Å². The van der Waals surface area contributed by atoms with Gasteiger partial charge in [-0.2, -0.15) is 0 Å². The summed E-state index contributed by atoms with van der Waals surface area (Å²) in [5.41, 5.74) is 2.91. The van der Waals surface area contributed by atoms with E-state index in [2.05, 4.69) is 4.72 Å². The summed E-state index contributed by atoms with van der Waals surface area (Å²) in [4.78, 5) is 1.78. The molecule has 0 saturated carbocycles. The van der Waals surface area contributed by atoms with Gasteiger partial charge in [-0.3, -0.25) is 0 Å². The lowest BCUT2D eigenvalue weighted by Crippen LogP contribution is -3.14. The Morgan fingerprint density at radius 3 is 2.38 bits per heavy atom. The van der Waals surface area contributed by atoms with Gasteiger partial charge in [0.1, 0.15) is 13.1 Å². The Hall–Kier alpha value is -0.950. The molecular formula is C15H25N2O3S+. The second-order valence-corrected chi connectivity index (χ2v) is 7.45. The molecule has 2 rings (SSSR count). The molecular weight excluding hydrogens is 288 g/mol. The summed E-state index contributed by atoms with van der Waals surface area (Å²) in [5, 5.41) is 0. The predicted octanol–water partition coefficient (Wildman–Crippen LogP) is -0.195. The molecule has 1 fully saturated rings. The molecule has 1 aromatic rings. The van der Waals surface area contributed by atoms with Crippen molar-refractivity contribution in [3.05, 3.63) is 28.8 Å². The normalized spacial score (nSPS) is 17.1. The van der Waals surface area contributed by atoms with Gasteiger partial charge in [0, 0.05) is 0 Å². The highest BCUT2D eigenvalue weighted by Gasteiger charge is 2.19. The van der Waals surface area contributed by atoms with Crippen LogP contribution in [0.3, 0.4) is 0 Å². The van der Waals surface area contributed by atoms with Crippen LogP contribution in [0.5, 0.6) is 0 Å². The van der Waals surface area contributed by atoms with Crippen LogP contribution in [-0.2, 0) is 14.8 Å². The predicted molar refractivity (Wildman–Crippen MR) is 82.2 cm³/mol. The van der Waals surface area contributed by atoms with Crippen LogP contribution in [0.2, 0.25) is 0 Å². The lowest BCUT2D eigenvalue weighted by atomic mass is 10.1. The molecule has 1 aromatic carbocycles. The van der Waals surface area contributed by atoms with Gasteiger partial charge in [-0.25, -0.2) is 13.1 Å². The molecule has 21 heavy (non-hydrogen) atoms. The van der Waals surface area contributed by atoms with E-state index >= 15 is 0 Å². The third kappa shape index (κ3) is 4.26. The summed E-state index contributed by atoms with van der Waals surface area (Å²) in [6.45, 7) is 10.5. The summed E-state index contributed by atoms with van der Waals surface area (Å²) < 4.78 is 32.8. The zero-order valence-electron chi connectivity index (χ0n) is 13.0. The number of hydrogen-bond donors (Lipinski definition) is 2. The zero-order valence-corrected chi connectivity index (χ0v) is 13.8. The number of morpholine rings is 1. The van der Waals surface area contributed by atoms with Crippen molar-refractivity contribution < 1.29 is 18.1 Å². The highest BCUT2D eigenvalue weighted by atomic mass is 32.2. The number of rotatable bonds is 5. The molecule has 1 saturated heterocycles. The Labute approximate surface area is 127 Å². The smallest absolute Gasteiger partial charge is 0.241 e. The van der Waals surface area contributed by atoms with Gasteiger partial charge < -0.3 is 9.64 Å². The Morgan fingerprint density at radius 1 is 1.10 bits per heavy atom. The Kier molecular flexibility index (Phi) is 5.37. The molecule has 0 amide bonds.